The lowest BCUT2D eigenvalue weighted by molar-refractivity contribution is -0.118. The van der Waals surface area contributed by atoms with Gasteiger partial charge in [0.1, 0.15) is 17.6 Å². The Hall–Kier alpha value is -2.33. The number of hydrogen-bond donors (Lipinski definition) is 1. The molecule has 0 saturated carbocycles. The van der Waals surface area contributed by atoms with Gasteiger partial charge in [-0.2, -0.15) is 4.31 Å². The molecule has 3 aliphatic heterocycles. The topological polar surface area (TPSA) is 88.2 Å². The molecule has 0 bridgehead atoms. The van der Waals surface area contributed by atoms with Crippen molar-refractivity contribution in [3.05, 3.63) is 47.5 Å². The summed E-state index contributed by atoms with van der Waals surface area (Å²) in [5, 5.41) is 3.39. The molecule has 2 aromatic carbocycles. The monoisotopic (exact) mass is 519 g/mol. The Labute approximate surface area is 211 Å². The molecule has 1 N–H and O–H groups in total. The van der Waals surface area contributed by atoms with Gasteiger partial charge >= 0.3 is 0 Å². The van der Waals surface area contributed by atoms with Gasteiger partial charge in [-0.1, -0.05) is 11.6 Å². The fourth-order valence-corrected chi connectivity index (χ4v) is 6.94. The van der Waals surface area contributed by atoms with Crippen LogP contribution in [0.15, 0.2) is 47.4 Å². The molecule has 2 aromatic rings. The van der Waals surface area contributed by atoms with Crippen LogP contribution in [0.3, 0.4) is 0 Å². The number of ether oxygens (including phenoxy) is 2. The van der Waals surface area contributed by atoms with Gasteiger partial charge in [-0.25, -0.2) is 8.42 Å². The predicted octanol–water partition coefficient (Wildman–Crippen LogP) is 3.76. The van der Waals surface area contributed by atoms with Crippen LogP contribution in [0.1, 0.15) is 32.1 Å². The summed E-state index contributed by atoms with van der Waals surface area (Å²) in [6.45, 7) is 3.19. The number of hydrogen-bond acceptors (Lipinski definition) is 6. The van der Waals surface area contributed by atoms with Crippen LogP contribution < -0.4 is 14.8 Å². The number of carbonyl (C=O) groups is 1. The summed E-state index contributed by atoms with van der Waals surface area (Å²) < 4.78 is 40.0. The highest BCUT2D eigenvalue weighted by molar-refractivity contribution is 7.89. The first-order chi connectivity index (χ1) is 16.9. The number of rotatable bonds is 7. The minimum Gasteiger partial charge on any atom is -0.490 e. The Morgan fingerprint density at radius 1 is 1.06 bits per heavy atom. The summed E-state index contributed by atoms with van der Waals surface area (Å²) in [4.78, 5) is 14.2. The zero-order valence-corrected chi connectivity index (χ0v) is 21.1. The predicted molar refractivity (Wildman–Crippen MR) is 134 cm³/mol. The highest BCUT2D eigenvalue weighted by Crippen LogP contribution is 2.34. The van der Waals surface area contributed by atoms with Crippen molar-refractivity contribution in [1.29, 1.82) is 0 Å². The zero-order chi connectivity index (χ0) is 24.4. The van der Waals surface area contributed by atoms with Crippen LogP contribution in [0, 0.1) is 0 Å². The van der Waals surface area contributed by atoms with Gasteiger partial charge in [-0.15, -0.1) is 0 Å². The summed E-state index contributed by atoms with van der Waals surface area (Å²) in [7, 11) is -3.66. The van der Waals surface area contributed by atoms with Crippen molar-refractivity contribution in [1.82, 2.24) is 9.21 Å². The number of fused-ring (bicyclic) bond motifs is 1. The van der Waals surface area contributed by atoms with E-state index >= 15 is 0 Å². The average molecular weight is 520 g/mol. The Bertz CT molecular complexity index is 1170. The molecule has 0 radical (unpaired) electrons. The van der Waals surface area contributed by atoms with E-state index in [2.05, 4.69) is 10.2 Å². The number of anilines is 1. The van der Waals surface area contributed by atoms with Crippen molar-refractivity contribution in [2.45, 2.75) is 49.1 Å². The third-order valence-electron chi connectivity index (χ3n) is 6.94. The highest BCUT2D eigenvalue weighted by Gasteiger charge is 2.36. The highest BCUT2D eigenvalue weighted by atomic mass is 35.5. The number of halogens is 1. The number of nitrogens with zero attached hydrogens (tertiary/aromatic N) is 2. The van der Waals surface area contributed by atoms with Crippen LogP contribution >= 0.6 is 11.6 Å². The molecular formula is C25H30ClN3O5S. The van der Waals surface area contributed by atoms with Crippen LogP contribution in [-0.2, 0) is 14.8 Å². The summed E-state index contributed by atoms with van der Waals surface area (Å²) in [6.07, 6.45) is 4.58. The number of amides is 1. The maximum atomic E-state index is 13.4. The van der Waals surface area contributed by atoms with Gasteiger partial charge in [0, 0.05) is 30.7 Å². The number of piperidine rings is 1. The molecule has 35 heavy (non-hydrogen) atoms. The molecule has 5 rings (SSSR count). The van der Waals surface area contributed by atoms with Crippen molar-refractivity contribution in [2.75, 3.05) is 38.1 Å². The SMILES string of the molecule is O=C1COc2ccc(S(=O)(=O)N3CCC[C@@H]3CCN3CCC(Oc4ccc(Cl)cc4)CC3)cc2N1. The molecule has 0 aliphatic carbocycles. The normalized spacial score (nSPS) is 21.9. The molecule has 3 aliphatic rings. The molecule has 2 saturated heterocycles. The minimum absolute atomic E-state index is 0.0232. The van der Waals surface area contributed by atoms with Crippen LogP contribution in [0.25, 0.3) is 0 Å². The number of likely N-dealkylation sites (tertiary alicyclic amines) is 1. The lowest BCUT2D eigenvalue weighted by atomic mass is 10.1. The van der Waals surface area contributed by atoms with Gasteiger partial charge < -0.3 is 19.7 Å². The van der Waals surface area contributed by atoms with E-state index in [1.165, 1.54) is 6.07 Å². The molecule has 1 atom stereocenters. The second-order valence-electron chi connectivity index (χ2n) is 9.31. The Morgan fingerprint density at radius 3 is 2.60 bits per heavy atom. The first-order valence-corrected chi connectivity index (χ1v) is 13.9. The fourth-order valence-electron chi connectivity index (χ4n) is 5.06. The second-order valence-corrected chi connectivity index (χ2v) is 11.6. The van der Waals surface area contributed by atoms with Crippen molar-refractivity contribution in [2.24, 2.45) is 0 Å². The molecule has 0 unspecified atom stereocenters. The van der Waals surface area contributed by atoms with E-state index in [1.807, 2.05) is 24.3 Å². The molecule has 10 heteroatoms. The Kier molecular flexibility index (Phi) is 7.20. The summed E-state index contributed by atoms with van der Waals surface area (Å²) >= 11 is 5.95. The van der Waals surface area contributed by atoms with E-state index in [-0.39, 0.29) is 29.6 Å². The second kappa shape index (κ2) is 10.3. The molecular weight excluding hydrogens is 490 g/mol. The maximum absolute atomic E-state index is 13.4. The third kappa shape index (κ3) is 5.58. The van der Waals surface area contributed by atoms with E-state index < -0.39 is 10.0 Å². The molecule has 0 aromatic heterocycles. The smallest absolute Gasteiger partial charge is 0.262 e. The molecule has 1 amide bonds. The molecule has 8 nitrogen and oxygen atoms in total. The Balaban J connectivity index is 1.15. The molecule has 0 spiro atoms. The first kappa shape index (κ1) is 24.4. The average Bonchev–Trinajstić information content (AvgIpc) is 3.34. The quantitative estimate of drug-likeness (QED) is 0.599. The van der Waals surface area contributed by atoms with Gasteiger partial charge in [-0.3, -0.25) is 4.79 Å². The van der Waals surface area contributed by atoms with E-state index in [0.717, 1.165) is 57.5 Å². The number of benzene rings is 2. The van der Waals surface area contributed by atoms with E-state index in [0.29, 0.717) is 23.0 Å². The van der Waals surface area contributed by atoms with E-state index in [9.17, 15) is 13.2 Å². The number of carbonyl (C=O) groups excluding carboxylic acids is 1. The first-order valence-electron chi connectivity index (χ1n) is 12.1. The van der Waals surface area contributed by atoms with Gasteiger partial charge in [0.25, 0.3) is 5.91 Å². The fraction of sp³-hybridized carbons (Fsp3) is 0.480. The van der Waals surface area contributed by atoms with Crippen LogP contribution in [0.5, 0.6) is 11.5 Å². The minimum atomic E-state index is -3.66. The van der Waals surface area contributed by atoms with Crippen molar-refractivity contribution < 1.29 is 22.7 Å². The molecule has 2 fully saturated rings. The van der Waals surface area contributed by atoms with Crippen molar-refractivity contribution in [3.63, 3.8) is 0 Å². The lowest BCUT2D eigenvalue weighted by Crippen LogP contribution is -2.42. The number of sulfonamides is 1. The van der Waals surface area contributed by atoms with Crippen molar-refractivity contribution >= 4 is 33.2 Å². The van der Waals surface area contributed by atoms with Crippen LogP contribution in [0.4, 0.5) is 5.69 Å². The zero-order valence-electron chi connectivity index (χ0n) is 19.5. The lowest BCUT2D eigenvalue weighted by Gasteiger charge is -2.33. The summed E-state index contributed by atoms with van der Waals surface area (Å²) in [6, 6.07) is 12.1. The molecule has 3 heterocycles. The standard InChI is InChI=1S/C25H30ClN3O5S/c26-18-3-5-20(6-4-18)34-21-10-14-28(15-11-21)13-9-19-2-1-12-29(19)35(31,32)22-7-8-24-23(16-22)27-25(30)17-33-24/h3-8,16,19,21H,1-2,9-15,17H2,(H,27,30)/t19-/m1/s1. The Morgan fingerprint density at radius 2 is 1.83 bits per heavy atom. The number of nitrogens with one attached hydrogen (secondary N) is 1. The van der Waals surface area contributed by atoms with Crippen LogP contribution in [-0.4, -0.2) is 68.5 Å². The molecule has 188 valence electrons. The van der Waals surface area contributed by atoms with Crippen molar-refractivity contribution in [3.8, 4) is 11.5 Å². The van der Waals surface area contributed by atoms with Gasteiger partial charge in [0.15, 0.2) is 6.61 Å². The van der Waals surface area contributed by atoms with E-state index in [1.54, 1.807) is 16.4 Å². The van der Waals surface area contributed by atoms with Gasteiger partial charge in [0.2, 0.25) is 10.0 Å². The summed E-state index contributed by atoms with van der Waals surface area (Å²) in [5.41, 5.74) is 0.404. The largest absolute Gasteiger partial charge is 0.490 e. The van der Waals surface area contributed by atoms with Crippen LogP contribution in [0.2, 0.25) is 5.02 Å². The van der Waals surface area contributed by atoms with E-state index in [4.69, 9.17) is 21.1 Å². The third-order valence-corrected chi connectivity index (χ3v) is 9.14. The van der Waals surface area contributed by atoms with Gasteiger partial charge in [0.05, 0.1) is 10.6 Å². The summed E-state index contributed by atoms with van der Waals surface area (Å²) in [5.74, 6) is 1.05. The van der Waals surface area contributed by atoms with Gasteiger partial charge in [-0.05, 0) is 81.1 Å². The maximum Gasteiger partial charge on any atom is 0.262 e.